The van der Waals surface area contributed by atoms with Crippen LogP contribution >= 0.6 is 0 Å². The third-order valence-corrected chi connectivity index (χ3v) is 4.55. The summed E-state index contributed by atoms with van der Waals surface area (Å²) in [4.78, 5) is 14.2. The Kier molecular flexibility index (Phi) is 9.61. The Morgan fingerprint density at radius 2 is 1.90 bits per heavy atom. The molecule has 1 amide bonds. The molecule has 0 saturated heterocycles. The Labute approximate surface area is 200 Å². The van der Waals surface area contributed by atoms with Crippen LogP contribution in [0.1, 0.15) is 30.9 Å². The number of fused-ring (bicyclic) bond motifs is 1. The summed E-state index contributed by atoms with van der Waals surface area (Å²) in [7, 11) is 0. The van der Waals surface area contributed by atoms with Crippen LogP contribution in [-0.4, -0.2) is 36.4 Å². The van der Waals surface area contributed by atoms with Gasteiger partial charge in [0.2, 0.25) is 6.79 Å². The molecule has 0 saturated carbocycles. The smallest absolute Gasteiger partial charge is 0.851 e. The van der Waals surface area contributed by atoms with Crippen molar-refractivity contribution >= 4 is 11.6 Å². The maximum atomic E-state index is 13.0. The topological polar surface area (TPSA) is 61.1 Å². The Bertz CT molecular complexity index is 900. The summed E-state index contributed by atoms with van der Waals surface area (Å²) in [6.07, 6.45) is 6.42. The molecule has 1 aliphatic heterocycles. The number of benzene rings is 2. The van der Waals surface area contributed by atoms with Crippen molar-refractivity contribution in [2.45, 2.75) is 26.2 Å². The van der Waals surface area contributed by atoms with Gasteiger partial charge in [0, 0.05) is 13.1 Å². The molecule has 7 heteroatoms. The summed E-state index contributed by atoms with van der Waals surface area (Å²) < 4.78 is 23.6. The van der Waals surface area contributed by atoms with E-state index in [0.29, 0.717) is 30.2 Å². The molecule has 0 bridgehead atoms. The molecule has 2 aromatic rings. The minimum Gasteiger partial charge on any atom is -0.851 e. The van der Waals surface area contributed by atoms with Crippen molar-refractivity contribution in [3.8, 4) is 11.5 Å². The van der Waals surface area contributed by atoms with Gasteiger partial charge < -0.3 is 19.8 Å². The average Bonchev–Trinajstić information content (AvgIpc) is 3.20. The van der Waals surface area contributed by atoms with E-state index in [2.05, 4.69) is 6.08 Å². The molecule has 0 unspecified atom stereocenters. The second-order valence-electron chi connectivity index (χ2n) is 6.76. The Balaban J connectivity index is 0.00000320. The molecule has 0 spiro atoms. The largest absolute Gasteiger partial charge is 2.00 e. The van der Waals surface area contributed by atoms with Crippen LogP contribution in [0.3, 0.4) is 0 Å². The summed E-state index contributed by atoms with van der Waals surface area (Å²) in [5, 5.41) is 10.2. The zero-order valence-corrected chi connectivity index (χ0v) is 21.0. The number of ether oxygens (including phenoxy) is 2. The molecule has 0 radical (unpaired) electrons. The fourth-order valence-corrected chi connectivity index (χ4v) is 3.07. The SMILES string of the molecule is CCCN(CCCc1ccc(F)cc1)C(=O)C(=[N-])C=[C-]c1ccc2c(c1)OCO2.[U+2]. The third kappa shape index (κ3) is 6.72. The summed E-state index contributed by atoms with van der Waals surface area (Å²) in [5.41, 5.74) is 1.32. The minimum atomic E-state index is -0.431. The Hall–Kier alpha value is -2.10. The molecule has 3 rings (SSSR count). The molecule has 1 aliphatic rings. The van der Waals surface area contributed by atoms with Crippen LogP contribution in [-0.2, 0) is 11.2 Å². The number of nitrogens with zero attached hydrogens (tertiary/aromatic N) is 2. The summed E-state index contributed by atoms with van der Waals surface area (Å²) >= 11 is 0. The van der Waals surface area contributed by atoms with Gasteiger partial charge in [-0.2, -0.15) is 11.8 Å². The van der Waals surface area contributed by atoms with E-state index in [9.17, 15) is 14.6 Å². The first-order valence-electron chi connectivity index (χ1n) is 9.66. The molecule has 30 heavy (non-hydrogen) atoms. The van der Waals surface area contributed by atoms with Crippen molar-refractivity contribution in [1.82, 2.24) is 4.90 Å². The molecule has 0 atom stereocenters. The van der Waals surface area contributed by atoms with Crippen LogP contribution in [0.25, 0.3) is 5.41 Å². The third-order valence-electron chi connectivity index (χ3n) is 4.55. The Morgan fingerprint density at radius 1 is 1.17 bits per heavy atom. The van der Waals surface area contributed by atoms with Crippen molar-refractivity contribution in [2.75, 3.05) is 19.9 Å². The second kappa shape index (κ2) is 11.9. The zero-order chi connectivity index (χ0) is 20.6. The van der Waals surface area contributed by atoms with Crippen LogP contribution in [0, 0.1) is 43.0 Å². The van der Waals surface area contributed by atoms with E-state index in [4.69, 9.17) is 9.47 Å². The van der Waals surface area contributed by atoms with Gasteiger partial charge in [-0.3, -0.25) is 4.79 Å². The van der Waals surface area contributed by atoms with Gasteiger partial charge in [0.25, 0.3) is 0 Å². The van der Waals surface area contributed by atoms with Crippen LogP contribution in [0.2, 0.25) is 0 Å². The van der Waals surface area contributed by atoms with Gasteiger partial charge in [-0.1, -0.05) is 31.2 Å². The van der Waals surface area contributed by atoms with Crippen LogP contribution < -0.4 is 9.47 Å². The van der Waals surface area contributed by atoms with Crippen molar-refractivity contribution in [3.63, 3.8) is 0 Å². The quantitative estimate of drug-likeness (QED) is 0.309. The molecule has 5 nitrogen and oxygen atoms in total. The predicted octanol–water partition coefficient (Wildman–Crippen LogP) is 4.14. The molecule has 0 aliphatic carbocycles. The predicted molar refractivity (Wildman–Crippen MR) is 109 cm³/mol. The van der Waals surface area contributed by atoms with Gasteiger partial charge in [0.05, 0.1) is 0 Å². The second-order valence-corrected chi connectivity index (χ2v) is 6.76. The van der Waals surface area contributed by atoms with E-state index in [1.807, 2.05) is 6.92 Å². The maximum Gasteiger partial charge on any atom is 2.00 e. The van der Waals surface area contributed by atoms with E-state index < -0.39 is 5.91 Å². The first kappa shape index (κ1) is 24.2. The summed E-state index contributed by atoms with van der Waals surface area (Å²) in [6.45, 7) is 3.21. The monoisotopic (exact) mass is 632 g/mol. The number of carbonyl (C=O) groups is 1. The van der Waals surface area contributed by atoms with Gasteiger partial charge in [0.1, 0.15) is 17.3 Å². The normalized spacial score (nSPS) is 11.9. The zero-order valence-electron chi connectivity index (χ0n) is 16.9. The number of hydrogen-bond donors (Lipinski definition) is 0. The van der Waals surface area contributed by atoms with Gasteiger partial charge >= 0.3 is 31.1 Å². The number of aryl methyl sites for hydroxylation is 1. The van der Waals surface area contributed by atoms with Gasteiger partial charge in [-0.25, -0.2) is 4.39 Å². The van der Waals surface area contributed by atoms with Crippen molar-refractivity contribution in [1.29, 1.82) is 0 Å². The number of hydrogen-bond acceptors (Lipinski definition) is 3. The first-order chi connectivity index (χ1) is 14.1. The van der Waals surface area contributed by atoms with Crippen molar-refractivity contribution in [3.05, 3.63) is 77.0 Å². The number of halogens is 1. The average molecular weight is 632 g/mol. The number of rotatable bonds is 9. The molecular weight excluding hydrogens is 609 g/mol. The minimum absolute atomic E-state index is 0. The molecular formula is C23H23FN2O3U. The summed E-state index contributed by atoms with van der Waals surface area (Å²) in [6, 6.07) is 11.6. The molecule has 1 heterocycles. The van der Waals surface area contributed by atoms with Crippen LogP contribution in [0.4, 0.5) is 4.39 Å². The first-order valence-corrected chi connectivity index (χ1v) is 9.66. The van der Waals surface area contributed by atoms with Crippen LogP contribution in [0.5, 0.6) is 11.5 Å². The van der Waals surface area contributed by atoms with Gasteiger partial charge in [-0.05, 0) is 37.0 Å². The number of amides is 1. The van der Waals surface area contributed by atoms with Crippen molar-refractivity contribution < 1.29 is 49.8 Å². The van der Waals surface area contributed by atoms with Gasteiger partial charge in [-0.15, -0.1) is 17.7 Å². The summed E-state index contributed by atoms with van der Waals surface area (Å²) in [5.74, 6) is 0.582. The van der Waals surface area contributed by atoms with Crippen molar-refractivity contribution in [2.24, 2.45) is 0 Å². The van der Waals surface area contributed by atoms with E-state index >= 15 is 0 Å². The molecule has 2 aromatic carbocycles. The molecule has 0 N–H and O–H groups in total. The molecule has 0 aromatic heterocycles. The van der Waals surface area contributed by atoms with E-state index in [0.717, 1.165) is 24.8 Å². The molecule has 0 fully saturated rings. The van der Waals surface area contributed by atoms with E-state index in [1.165, 1.54) is 18.2 Å². The maximum absolute atomic E-state index is 13.0. The fraction of sp³-hybridized carbons (Fsp3) is 0.304. The fourth-order valence-electron chi connectivity index (χ4n) is 3.07. The van der Waals surface area contributed by atoms with Crippen LogP contribution in [0.15, 0.2) is 48.5 Å². The van der Waals surface area contributed by atoms with E-state index in [-0.39, 0.29) is 49.4 Å². The van der Waals surface area contributed by atoms with E-state index in [1.54, 1.807) is 35.2 Å². The number of carbonyl (C=O) groups excluding carboxylic acids is 1. The van der Waals surface area contributed by atoms with Gasteiger partial charge in [0.15, 0.2) is 5.91 Å². The standard InChI is InChI=1S/C23H23FN2O3.U/c1-2-13-26(14-3-4-17-5-9-19(24)10-6-17)23(27)20(25)11-7-18-8-12-21-22(15-18)29-16-28-21;/h5-6,8-12,15H,2-4,13-14,16H2,1H3;/q-2;+2. The molecule has 154 valence electrons. The Morgan fingerprint density at radius 3 is 2.63 bits per heavy atom.